The van der Waals surface area contributed by atoms with Gasteiger partial charge in [0, 0.05) is 12.8 Å². The summed E-state index contributed by atoms with van der Waals surface area (Å²) in [6.07, 6.45) is 1.75. The second kappa shape index (κ2) is 8.91. The van der Waals surface area contributed by atoms with E-state index >= 15 is 0 Å². The number of carbonyl (C=O) groups is 2. The van der Waals surface area contributed by atoms with Crippen LogP contribution in [0.5, 0.6) is 0 Å². The van der Waals surface area contributed by atoms with E-state index in [2.05, 4.69) is 31.9 Å². The molecule has 0 aromatic heterocycles. The number of ether oxygens (including phenoxy) is 2. The van der Waals surface area contributed by atoms with Crippen molar-refractivity contribution in [2.75, 3.05) is 13.2 Å². The first kappa shape index (κ1) is 16.9. The van der Waals surface area contributed by atoms with Crippen molar-refractivity contribution in [2.24, 2.45) is 0 Å². The van der Waals surface area contributed by atoms with Gasteiger partial charge < -0.3 is 9.47 Å². The zero-order valence-electron chi connectivity index (χ0n) is 10.1. The Bertz CT molecular complexity index is 230. The SMILES string of the molecule is CCOC(=O)CCC(Br)(Br)CCC(=O)OCC. The van der Waals surface area contributed by atoms with Gasteiger partial charge in [0.2, 0.25) is 0 Å². The quantitative estimate of drug-likeness (QED) is 0.484. The highest BCUT2D eigenvalue weighted by molar-refractivity contribution is 9.25. The van der Waals surface area contributed by atoms with E-state index < -0.39 is 3.23 Å². The van der Waals surface area contributed by atoms with Crippen LogP contribution in [0.1, 0.15) is 39.5 Å². The highest BCUT2D eigenvalue weighted by atomic mass is 79.9. The lowest BCUT2D eigenvalue weighted by atomic mass is 10.1. The monoisotopic (exact) mass is 372 g/mol. The second-order valence-corrected chi connectivity index (χ2v) is 7.57. The van der Waals surface area contributed by atoms with Gasteiger partial charge >= 0.3 is 11.9 Å². The van der Waals surface area contributed by atoms with Crippen molar-refractivity contribution < 1.29 is 19.1 Å². The van der Waals surface area contributed by atoms with Gasteiger partial charge in [0.15, 0.2) is 0 Å². The Morgan fingerprint density at radius 1 is 0.941 bits per heavy atom. The molecule has 0 saturated heterocycles. The molecule has 0 radical (unpaired) electrons. The Balaban J connectivity index is 3.86. The number of hydrogen-bond acceptors (Lipinski definition) is 4. The van der Waals surface area contributed by atoms with Crippen LogP contribution in [0.3, 0.4) is 0 Å². The van der Waals surface area contributed by atoms with Crippen molar-refractivity contribution in [1.82, 2.24) is 0 Å². The molecular weight excluding hydrogens is 356 g/mol. The van der Waals surface area contributed by atoms with E-state index in [1.54, 1.807) is 13.8 Å². The van der Waals surface area contributed by atoms with Gasteiger partial charge in [0.05, 0.1) is 16.4 Å². The predicted octanol–water partition coefficient (Wildman–Crippen LogP) is 3.16. The third-order valence-corrected chi connectivity index (χ3v) is 3.59. The Morgan fingerprint density at radius 2 is 1.29 bits per heavy atom. The van der Waals surface area contributed by atoms with Crippen LogP contribution in [-0.4, -0.2) is 28.4 Å². The number of esters is 2. The molecular formula is C11H18Br2O4. The molecule has 100 valence electrons. The lowest BCUT2D eigenvalue weighted by Crippen LogP contribution is -2.17. The van der Waals surface area contributed by atoms with Crippen molar-refractivity contribution >= 4 is 43.8 Å². The molecule has 0 aromatic carbocycles. The summed E-state index contributed by atoms with van der Waals surface area (Å²) in [5.41, 5.74) is 0. The maximum atomic E-state index is 11.2. The number of alkyl halides is 2. The fourth-order valence-electron chi connectivity index (χ4n) is 1.16. The number of hydrogen-bond donors (Lipinski definition) is 0. The molecule has 6 heteroatoms. The van der Waals surface area contributed by atoms with Crippen LogP contribution in [0.4, 0.5) is 0 Å². The summed E-state index contributed by atoms with van der Waals surface area (Å²) in [6, 6.07) is 0. The Hall–Kier alpha value is -0.100. The molecule has 0 aromatic rings. The molecule has 0 bridgehead atoms. The molecule has 0 unspecified atom stereocenters. The molecule has 0 aliphatic heterocycles. The van der Waals surface area contributed by atoms with E-state index in [0.717, 1.165) is 0 Å². The van der Waals surface area contributed by atoms with Gasteiger partial charge in [-0.3, -0.25) is 9.59 Å². The van der Waals surface area contributed by atoms with Crippen LogP contribution in [-0.2, 0) is 19.1 Å². The first-order valence-electron chi connectivity index (χ1n) is 5.60. The smallest absolute Gasteiger partial charge is 0.305 e. The summed E-state index contributed by atoms with van der Waals surface area (Å²) in [7, 11) is 0. The standard InChI is InChI=1S/C11H18Br2O4/c1-3-16-9(14)5-7-11(12,13)8-6-10(15)17-4-2/h3-8H2,1-2H3. The number of halogens is 2. The van der Waals surface area contributed by atoms with Crippen molar-refractivity contribution in [3.05, 3.63) is 0 Å². The number of rotatable bonds is 8. The van der Waals surface area contributed by atoms with Crippen LogP contribution in [0.15, 0.2) is 0 Å². The normalized spacial score (nSPS) is 11.1. The fraction of sp³-hybridized carbons (Fsp3) is 0.818. The van der Waals surface area contributed by atoms with Crippen molar-refractivity contribution in [2.45, 2.75) is 42.8 Å². The average Bonchev–Trinajstić information content (AvgIpc) is 2.25. The topological polar surface area (TPSA) is 52.6 Å². The second-order valence-electron chi connectivity index (χ2n) is 3.47. The minimum absolute atomic E-state index is 0.230. The van der Waals surface area contributed by atoms with Crippen LogP contribution in [0.2, 0.25) is 0 Å². The van der Waals surface area contributed by atoms with E-state index in [1.165, 1.54) is 0 Å². The highest BCUT2D eigenvalue weighted by Gasteiger charge is 2.25. The lowest BCUT2D eigenvalue weighted by Gasteiger charge is -2.19. The van der Waals surface area contributed by atoms with E-state index in [4.69, 9.17) is 9.47 Å². The van der Waals surface area contributed by atoms with Gasteiger partial charge in [0.25, 0.3) is 0 Å². The first-order chi connectivity index (χ1) is 7.91. The maximum Gasteiger partial charge on any atom is 0.305 e. The van der Waals surface area contributed by atoms with Gasteiger partial charge in [0.1, 0.15) is 0 Å². The zero-order valence-corrected chi connectivity index (χ0v) is 13.3. The summed E-state index contributed by atoms with van der Waals surface area (Å²) in [5.74, 6) is -0.459. The van der Waals surface area contributed by atoms with Crippen molar-refractivity contribution in [1.29, 1.82) is 0 Å². The van der Waals surface area contributed by atoms with E-state index in [0.29, 0.717) is 38.9 Å². The Morgan fingerprint density at radius 3 is 1.59 bits per heavy atom. The maximum absolute atomic E-state index is 11.2. The Labute approximate surface area is 119 Å². The van der Waals surface area contributed by atoms with Crippen molar-refractivity contribution in [3.8, 4) is 0 Å². The lowest BCUT2D eigenvalue weighted by molar-refractivity contribution is -0.143. The summed E-state index contributed by atoms with van der Waals surface area (Å²) >= 11 is 6.88. The summed E-state index contributed by atoms with van der Waals surface area (Å²) in [6.45, 7) is 4.32. The third-order valence-electron chi connectivity index (χ3n) is 2.00. The molecule has 0 spiro atoms. The summed E-state index contributed by atoms with van der Waals surface area (Å²) in [5, 5.41) is 0. The molecule has 0 aliphatic rings. The minimum atomic E-state index is -0.417. The van der Waals surface area contributed by atoms with E-state index in [9.17, 15) is 9.59 Å². The Kier molecular flexibility index (Phi) is 8.86. The zero-order chi connectivity index (χ0) is 13.3. The van der Waals surface area contributed by atoms with Crippen LogP contribution < -0.4 is 0 Å². The van der Waals surface area contributed by atoms with Gasteiger partial charge in [-0.15, -0.1) is 0 Å². The molecule has 0 saturated carbocycles. The molecule has 0 rings (SSSR count). The fourth-order valence-corrected chi connectivity index (χ4v) is 1.95. The van der Waals surface area contributed by atoms with Gasteiger partial charge in [-0.05, 0) is 26.7 Å². The molecule has 4 nitrogen and oxygen atoms in total. The molecule has 0 heterocycles. The summed E-state index contributed by atoms with van der Waals surface area (Å²) in [4.78, 5) is 22.3. The van der Waals surface area contributed by atoms with Gasteiger partial charge in [-0.25, -0.2) is 0 Å². The predicted molar refractivity (Wildman–Crippen MR) is 72.3 cm³/mol. The highest BCUT2D eigenvalue weighted by Crippen LogP contribution is 2.36. The van der Waals surface area contributed by atoms with E-state index in [1.807, 2.05) is 0 Å². The molecule has 17 heavy (non-hydrogen) atoms. The molecule has 0 N–H and O–H groups in total. The molecule has 0 atom stereocenters. The molecule has 0 aliphatic carbocycles. The average molecular weight is 374 g/mol. The molecule has 0 fully saturated rings. The van der Waals surface area contributed by atoms with Crippen LogP contribution in [0, 0.1) is 0 Å². The largest absolute Gasteiger partial charge is 0.466 e. The van der Waals surface area contributed by atoms with Gasteiger partial charge in [-0.1, -0.05) is 31.9 Å². The van der Waals surface area contributed by atoms with Crippen LogP contribution >= 0.6 is 31.9 Å². The number of carbonyl (C=O) groups excluding carboxylic acids is 2. The summed E-state index contributed by atoms with van der Waals surface area (Å²) < 4.78 is 9.24. The first-order valence-corrected chi connectivity index (χ1v) is 7.19. The third kappa shape index (κ3) is 9.59. The van der Waals surface area contributed by atoms with Gasteiger partial charge in [-0.2, -0.15) is 0 Å². The minimum Gasteiger partial charge on any atom is -0.466 e. The van der Waals surface area contributed by atoms with E-state index in [-0.39, 0.29) is 11.9 Å². The molecule has 0 amide bonds. The van der Waals surface area contributed by atoms with Crippen LogP contribution in [0.25, 0.3) is 0 Å². The van der Waals surface area contributed by atoms with Crippen molar-refractivity contribution in [3.63, 3.8) is 0 Å².